The SMILES string of the molecule is CCNc1cc(C(F)(F)F)nc2c(Cl)c(Cl)c(Br)cc12. The first-order valence-corrected chi connectivity index (χ1v) is 7.10. The summed E-state index contributed by atoms with van der Waals surface area (Å²) < 4.78 is 39.1. The Kier molecular flexibility index (Phi) is 4.37. The minimum Gasteiger partial charge on any atom is -0.385 e. The van der Waals surface area contributed by atoms with E-state index in [1.165, 1.54) is 0 Å². The average molecular weight is 388 g/mol. The highest BCUT2D eigenvalue weighted by Crippen LogP contribution is 2.41. The van der Waals surface area contributed by atoms with Crippen molar-refractivity contribution in [2.24, 2.45) is 0 Å². The number of halogens is 6. The molecule has 0 bridgehead atoms. The standard InChI is InChI=1S/C12H8BrCl2F3N2/c1-2-19-7-4-8(12(16,17)18)20-11-5(7)3-6(13)9(14)10(11)15/h3-4H,2H2,1H3,(H,19,20). The molecule has 0 spiro atoms. The van der Waals surface area contributed by atoms with Crippen molar-refractivity contribution in [1.82, 2.24) is 4.98 Å². The second-order valence-electron chi connectivity index (χ2n) is 3.97. The molecule has 108 valence electrons. The predicted octanol–water partition coefficient (Wildman–Crippen LogP) is 5.75. The molecule has 0 radical (unpaired) electrons. The van der Waals surface area contributed by atoms with Gasteiger partial charge < -0.3 is 5.32 Å². The lowest BCUT2D eigenvalue weighted by atomic mass is 10.1. The third-order valence-electron chi connectivity index (χ3n) is 2.60. The van der Waals surface area contributed by atoms with Gasteiger partial charge in [0.1, 0.15) is 5.69 Å². The summed E-state index contributed by atoms with van der Waals surface area (Å²) in [6, 6.07) is 2.55. The Bertz CT molecular complexity index is 674. The van der Waals surface area contributed by atoms with Gasteiger partial charge in [-0.2, -0.15) is 13.2 Å². The van der Waals surface area contributed by atoms with Gasteiger partial charge in [-0.3, -0.25) is 0 Å². The van der Waals surface area contributed by atoms with Gasteiger partial charge in [-0.1, -0.05) is 23.2 Å². The van der Waals surface area contributed by atoms with Crippen LogP contribution in [0.5, 0.6) is 0 Å². The van der Waals surface area contributed by atoms with Gasteiger partial charge in [0.25, 0.3) is 0 Å². The Morgan fingerprint density at radius 3 is 2.45 bits per heavy atom. The zero-order chi connectivity index (χ0) is 15.1. The van der Waals surface area contributed by atoms with E-state index in [0.717, 1.165) is 6.07 Å². The molecule has 0 unspecified atom stereocenters. The number of fused-ring (bicyclic) bond motifs is 1. The summed E-state index contributed by atoms with van der Waals surface area (Å²) in [4.78, 5) is 3.59. The Balaban J connectivity index is 2.86. The summed E-state index contributed by atoms with van der Waals surface area (Å²) in [5.74, 6) is 0. The molecule has 1 N–H and O–H groups in total. The van der Waals surface area contributed by atoms with E-state index in [4.69, 9.17) is 23.2 Å². The number of rotatable bonds is 2. The molecule has 8 heteroatoms. The van der Waals surface area contributed by atoms with E-state index in [-0.39, 0.29) is 15.6 Å². The molecule has 0 fully saturated rings. The van der Waals surface area contributed by atoms with Gasteiger partial charge in [-0.15, -0.1) is 0 Å². The normalized spacial score (nSPS) is 11.9. The van der Waals surface area contributed by atoms with E-state index in [1.807, 2.05) is 0 Å². The quantitative estimate of drug-likeness (QED) is 0.663. The molecule has 0 aliphatic carbocycles. The first-order valence-electron chi connectivity index (χ1n) is 5.55. The fraction of sp³-hybridized carbons (Fsp3) is 0.250. The van der Waals surface area contributed by atoms with Crippen LogP contribution in [0.3, 0.4) is 0 Å². The molecule has 1 heterocycles. The summed E-state index contributed by atoms with van der Waals surface area (Å²) in [6.45, 7) is 2.25. The van der Waals surface area contributed by atoms with Gasteiger partial charge in [0.2, 0.25) is 0 Å². The monoisotopic (exact) mass is 386 g/mol. The first-order chi connectivity index (χ1) is 9.25. The van der Waals surface area contributed by atoms with Crippen molar-refractivity contribution in [3.63, 3.8) is 0 Å². The number of aromatic nitrogens is 1. The third-order valence-corrected chi connectivity index (χ3v) is 4.31. The molecule has 1 aromatic heterocycles. The maximum absolute atomic E-state index is 12.9. The molecule has 0 amide bonds. The van der Waals surface area contributed by atoms with Gasteiger partial charge in [0.05, 0.1) is 15.6 Å². The lowest BCUT2D eigenvalue weighted by Gasteiger charge is -2.14. The molecule has 0 atom stereocenters. The summed E-state index contributed by atoms with van der Waals surface area (Å²) in [5.41, 5.74) is -0.684. The first kappa shape index (κ1) is 15.7. The second kappa shape index (κ2) is 5.58. The van der Waals surface area contributed by atoms with Crippen LogP contribution in [0.2, 0.25) is 10.0 Å². The van der Waals surface area contributed by atoms with E-state index in [9.17, 15) is 13.2 Å². The van der Waals surface area contributed by atoms with Crippen LogP contribution in [0.1, 0.15) is 12.6 Å². The third kappa shape index (κ3) is 2.82. The largest absolute Gasteiger partial charge is 0.433 e. The summed E-state index contributed by atoms with van der Waals surface area (Å²) in [6.07, 6.45) is -4.55. The highest BCUT2D eigenvalue weighted by molar-refractivity contribution is 9.10. The number of hydrogen-bond donors (Lipinski definition) is 1. The van der Waals surface area contributed by atoms with Crippen molar-refractivity contribution >= 4 is 55.7 Å². The van der Waals surface area contributed by atoms with Crippen LogP contribution in [0.25, 0.3) is 10.9 Å². The number of pyridine rings is 1. The Morgan fingerprint density at radius 2 is 1.90 bits per heavy atom. The van der Waals surface area contributed by atoms with Crippen LogP contribution >= 0.6 is 39.1 Å². The second-order valence-corrected chi connectivity index (χ2v) is 5.58. The van der Waals surface area contributed by atoms with E-state index in [1.54, 1.807) is 13.0 Å². The van der Waals surface area contributed by atoms with Crippen LogP contribution in [0.4, 0.5) is 18.9 Å². The van der Waals surface area contributed by atoms with Gasteiger partial charge >= 0.3 is 6.18 Å². The highest BCUT2D eigenvalue weighted by atomic mass is 79.9. The maximum Gasteiger partial charge on any atom is 0.433 e. The molecule has 2 aromatic rings. The molecule has 1 aromatic carbocycles. The number of benzene rings is 1. The smallest absolute Gasteiger partial charge is 0.385 e. The van der Waals surface area contributed by atoms with Crippen LogP contribution in [-0.2, 0) is 6.18 Å². The van der Waals surface area contributed by atoms with Gasteiger partial charge in [-0.25, -0.2) is 4.98 Å². The number of alkyl halides is 3. The lowest BCUT2D eigenvalue weighted by molar-refractivity contribution is -0.140. The molecule has 2 rings (SSSR count). The molecule has 2 nitrogen and oxygen atoms in total. The van der Waals surface area contributed by atoms with Crippen LogP contribution in [0.15, 0.2) is 16.6 Å². The average Bonchev–Trinajstić information content (AvgIpc) is 2.36. The van der Waals surface area contributed by atoms with Crippen molar-refractivity contribution in [2.75, 3.05) is 11.9 Å². The molecule has 0 aliphatic heterocycles. The summed E-state index contributed by atoms with van der Waals surface area (Å²) in [5, 5.41) is 3.47. The van der Waals surface area contributed by atoms with Gasteiger partial charge in [0, 0.05) is 22.1 Å². The summed E-state index contributed by atoms with van der Waals surface area (Å²) >= 11 is 15.2. The predicted molar refractivity (Wildman–Crippen MR) is 78.6 cm³/mol. The fourth-order valence-electron chi connectivity index (χ4n) is 1.75. The van der Waals surface area contributed by atoms with Crippen molar-refractivity contribution in [1.29, 1.82) is 0 Å². The topological polar surface area (TPSA) is 24.9 Å². The number of anilines is 1. The summed E-state index contributed by atoms with van der Waals surface area (Å²) in [7, 11) is 0. The molecular weight excluding hydrogens is 380 g/mol. The van der Waals surface area contributed by atoms with Crippen molar-refractivity contribution in [3.8, 4) is 0 Å². The van der Waals surface area contributed by atoms with E-state index in [0.29, 0.717) is 22.1 Å². The maximum atomic E-state index is 12.9. The van der Waals surface area contributed by atoms with Crippen LogP contribution in [0, 0.1) is 0 Å². The zero-order valence-corrected chi connectivity index (χ0v) is 13.2. The Morgan fingerprint density at radius 1 is 1.25 bits per heavy atom. The molecule has 0 saturated carbocycles. The van der Waals surface area contributed by atoms with Crippen molar-refractivity contribution in [3.05, 3.63) is 32.3 Å². The zero-order valence-electron chi connectivity index (χ0n) is 10.1. The van der Waals surface area contributed by atoms with E-state index >= 15 is 0 Å². The molecule has 0 saturated heterocycles. The fourth-order valence-corrected chi connectivity index (χ4v) is 2.68. The van der Waals surface area contributed by atoms with Gasteiger partial charge in [-0.05, 0) is 35.0 Å². The van der Waals surface area contributed by atoms with Gasteiger partial charge in [0.15, 0.2) is 0 Å². The number of nitrogens with zero attached hydrogens (tertiary/aromatic N) is 1. The van der Waals surface area contributed by atoms with E-state index in [2.05, 4.69) is 26.2 Å². The van der Waals surface area contributed by atoms with Crippen LogP contribution in [-0.4, -0.2) is 11.5 Å². The minimum absolute atomic E-state index is 0.0127. The number of nitrogens with one attached hydrogen (secondary N) is 1. The van der Waals surface area contributed by atoms with Crippen molar-refractivity contribution < 1.29 is 13.2 Å². The van der Waals surface area contributed by atoms with E-state index < -0.39 is 11.9 Å². The Labute approximate surface area is 131 Å². The molecule has 0 aliphatic rings. The van der Waals surface area contributed by atoms with Crippen molar-refractivity contribution in [2.45, 2.75) is 13.1 Å². The Hall–Kier alpha value is -0.720. The van der Waals surface area contributed by atoms with Crippen LogP contribution < -0.4 is 5.32 Å². The number of hydrogen-bond acceptors (Lipinski definition) is 2. The molecule has 20 heavy (non-hydrogen) atoms. The highest BCUT2D eigenvalue weighted by Gasteiger charge is 2.34. The molecular formula is C12H8BrCl2F3N2. The lowest BCUT2D eigenvalue weighted by Crippen LogP contribution is -2.10. The minimum atomic E-state index is -4.55.